The Morgan fingerprint density at radius 1 is 1.78 bits per heavy atom. The van der Waals surface area contributed by atoms with E-state index in [0.717, 1.165) is 11.5 Å². The third kappa shape index (κ3) is 11.8. The van der Waals surface area contributed by atoms with E-state index in [4.69, 9.17) is 5.73 Å². The summed E-state index contributed by atoms with van der Waals surface area (Å²) in [5.41, 5.74) is 5.48. The normalized spacial score (nSPS) is 11.8. The highest BCUT2D eigenvalue weighted by molar-refractivity contribution is 7.99. The third-order valence-corrected chi connectivity index (χ3v) is 1.85. The maximum Gasteiger partial charge on any atom is 0.0111 e. The second-order valence-electron chi connectivity index (χ2n) is 1.80. The van der Waals surface area contributed by atoms with Crippen molar-refractivity contribution in [3.63, 3.8) is 0 Å². The van der Waals surface area contributed by atoms with Gasteiger partial charge in [-0.15, -0.1) is 19.0 Å². The Hall–Kier alpha value is 0.340. The minimum Gasteiger partial charge on any atom is -0.327 e. The molecule has 0 amide bonds. The Labute approximate surface area is 67.5 Å². The maximum absolute atomic E-state index is 5.48. The smallest absolute Gasteiger partial charge is 0.0111 e. The van der Waals surface area contributed by atoms with Crippen molar-refractivity contribution in [3.05, 3.63) is 12.7 Å². The zero-order chi connectivity index (χ0) is 6.41. The van der Waals surface area contributed by atoms with Gasteiger partial charge in [-0.1, -0.05) is 6.08 Å². The van der Waals surface area contributed by atoms with Crippen molar-refractivity contribution >= 4 is 24.2 Å². The van der Waals surface area contributed by atoms with Crippen LogP contribution in [0.5, 0.6) is 0 Å². The predicted molar refractivity (Wildman–Crippen MR) is 48.4 cm³/mol. The van der Waals surface area contributed by atoms with Gasteiger partial charge in [-0.2, -0.15) is 11.8 Å². The standard InChI is InChI=1S/C6H13NS.ClH/c1-3-4-8-5-6(2)7;/h3,6H,1,4-5,7H2,2H3;1H. The molecule has 0 aromatic rings. The molecule has 0 heterocycles. The zero-order valence-corrected chi connectivity index (χ0v) is 7.30. The molecule has 2 N–H and O–H groups in total. The number of hydrogen-bond acceptors (Lipinski definition) is 2. The highest BCUT2D eigenvalue weighted by Crippen LogP contribution is 1.99. The molecule has 0 saturated heterocycles. The Morgan fingerprint density at radius 3 is 2.67 bits per heavy atom. The lowest BCUT2D eigenvalue weighted by molar-refractivity contribution is 0.848. The number of halogens is 1. The van der Waals surface area contributed by atoms with Crippen LogP contribution in [0.25, 0.3) is 0 Å². The van der Waals surface area contributed by atoms with E-state index in [0.29, 0.717) is 6.04 Å². The Balaban J connectivity index is 0. The highest BCUT2D eigenvalue weighted by atomic mass is 35.5. The summed E-state index contributed by atoms with van der Waals surface area (Å²) in [6, 6.07) is 0.319. The molecule has 0 radical (unpaired) electrons. The third-order valence-electron chi connectivity index (χ3n) is 0.616. The van der Waals surface area contributed by atoms with Gasteiger partial charge in [0.15, 0.2) is 0 Å². The summed E-state index contributed by atoms with van der Waals surface area (Å²) in [7, 11) is 0. The molecule has 1 atom stereocenters. The Kier molecular flexibility index (Phi) is 11.2. The first-order valence-corrected chi connectivity index (χ1v) is 3.87. The molecule has 9 heavy (non-hydrogen) atoms. The molecule has 0 aromatic carbocycles. The van der Waals surface area contributed by atoms with Gasteiger partial charge in [-0.05, 0) is 6.92 Å². The summed E-state index contributed by atoms with van der Waals surface area (Å²) in [6.07, 6.45) is 1.90. The molecule has 0 bridgehead atoms. The Bertz CT molecular complexity index is 66.1. The summed E-state index contributed by atoms with van der Waals surface area (Å²) in [6.45, 7) is 5.61. The van der Waals surface area contributed by atoms with Crippen LogP contribution in [0.3, 0.4) is 0 Å². The van der Waals surface area contributed by atoms with Crippen LogP contribution < -0.4 is 5.73 Å². The number of thioether (sulfide) groups is 1. The molecule has 0 aliphatic carbocycles. The molecule has 56 valence electrons. The van der Waals surface area contributed by atoms with E-state index < -0.39 is 0 Å². The summed E-state index contributed by atoms with van der Waals surface area (Å²) < 4.78 is 0. The first kappa shape index (κ1) is 12.1. The summed E-state index contributed by atoms with van der Waals surface area (Å²) in [4.78, 5) is 0. The molecule has 3 heteroatoms. The highest BCUT2D eigenvalue weighted by Gasteiger charge is 1.89. The van der Waals surface area contributed by atoms with Crippen molar-refractivity contribution in [1.29, 1.82) is 0 Å². The quantitative estimate of drug-likeness (QED) is 0.510. The van der Waals surface area contributed by atoms with Crippen molar-refractivity contribution in [2.45, 2.75) is 13.0 Å². The van der Waals surface area contributed by atoms with Gasteiger partial charge in [0.25, 0.3) is 0 Å². The fraction of sp³-hybridized carbons (Fsp3) is 0.667. The van der Waals surface area contributed by atoms with Crippen LogP contribution in [-0.2, 0) is 0 Å². The topological polar surface area (TPSA) is 26.0 Å². The van der Waals surface area contributed by atoms with Gasteiger partial charge >= 0.3 is 0 Å². The average Bonchev–Trinajstić information content (AvgIpc) is 1.66. The van der Waals surface area contributed by atoms with Crippen LogP contribution in [0, 0.1) is 0 Å². The van der Waals surface area contributed by atoms with E-state index in [1.165, 1.54) is 0 Å². The molecule has 0 spiro atoms. The predicted octanol–water partition coefficient (Wildman–Crippen LogP) is 1.67. The molecule has 0 rings (SSSR count). The SMILES string of the molecule is C=CCSCC(C)N.Cl. The van der Waals surface area contributed by atoms with Crippen LogP contribution in [0.4, 0.5) is 0 Å². The molecular formula is C6H14ClNS. The zero-order valence-electron chi connectivity index (χ0n) is 5.67. The molecule has 1 unspecified atom stereocenters. The van der Waals surface area contributed by atoms with Crippen LogP contribution in [0.2, 0.25) is 0 Å². The number of rotatable bonds is 4. The minimum absolute atomic E-state index is 0. The second kappa shape index (κ2) is 8.34. The van der Waals surface area contributed by atoms with E-state index in [9.17, 15) is 0 Å². The monoisotopic (exact) mass is 167 g/mol. The van der Waals surface area contributed by atoms with E-state index in [1.807, 2.05) is 24.8 Å². The summed E-state index contributed by atoms with van der Waals surface area (Å²) >= 11 is 1.82. The molecule has 0 aliphatic rings. The van der Waals surface area contributed by atoms with Crippen LogP contribution in [0.1, 0.15) is 6.92 Å². The van der Waals surface area contributed by atoms with Gasteiger partial charge in [0.1, 0.15) is 0 Å². The lowest BCUT2D eigenvalue weighted by Crippen LogP contribution is -2.17. The molecule has 0 aromatic heterocycles. The van der Waals surface area contributed by atoms with Crippen molar-refractivity contribution in [2.24, 2.45) is 5.73 Å². The lowest BCUT2D eigenvalue weighted by Gasteiger charge is -2.00. The molecule has 0 aliphatic heterocycles. The first-order valence-electron chi connectivity index (χ1n) is 2.71. The van der Waals surface area contributed by atoms with E-state index in [2.05, 4.69) is 6.58 Å². The van der Waals surface area contributed by atoms with Gasteiger partial charge in [-0.3, -0.25) is 0 Å². The second-order valence-corrected chi connectivity index (χ2v) is 2.88. The van der Waals surface area contributed by atoms with Gasteiger partial charge in [0, 0.05) is 17.5 Å². The van der Waals surface area contributed by atoms with E-state index >= 15 is 0 Å². The lowest BCUT2D eigenvalue weighted by atomic mass is 10.4. The van der Waals surface area contributed by atoms with Crippen molar-refractivity contribution in [1.82, 2.24) is 0 Å². The molecule has 0 fully saturated rings. The average molecular weight is 168 g/mol. The number of nitrogens with two attached hydrogens (primary N) is 1. The number of hydrogen-bond donors (Lipinski definition) is 1. The fourth-order valence-electron chi connectivity index (χ4n) is 0.337. The van der Waals surface area contributed by atoms with Crippen molar-refractivity contribution in [2.75, 3.05) is 11.5 Å². The summed E-state index contributed by atoms with van der Waals surface area (Å²) in [5, 5.41) is 0. The van der Waals surface area contributed by atoms with Gasteiger partial charge in [-0.25, -0.2) is 0 Å². The largest absolute Gasteiger partial charge is 0.327 e. The maximum atomic E-state index is 5.48. The van der Waals surface area contributed by atoms with Crippen molar-refractivity contribution in [3.8, 4) is 0 Å². The van der Waals surface area contributed by atoms with E-state index in [-0.39, 0.29) is 12.4 Å². The Morgan fingerprint density at radius 2 is 2.33 bits per heavy atom. The molecular weight excluding hydrogens is 154 g/mol. The van der Waals surface area contributed by atoms with Crippen LogP contribution >= 0.6 is 24.2 Å². The minimum atomic E-state index is 0. The first-order chi connectivity index (χ1) is 3.77. The van der Waals surface area contributed by atoms with Crippen LogP contribution in [0.15, 0.2) is 12.7 Å². The molecule has 0 saturated carbocycles. The van der Waals surface area contributed by atoms with Gasteiger partial charge in [0.05, 0.1) is 0 Å². The van der Waals surface area contributed by atoms with Crippen LogP contribution in [-0.4, -0.2) is 17.5 Å². The van der Waals surface area contributed by atoms with Gasteiger partial charge in [0.2, 0.25) is 0 Å². The molecule has 1 nitrogen and oxygen atoms in total. The van der Waals surface area contributed by atoms with Crippen molar-refractivity contribution < 1.29 is 0 Å². The summed E-state index contributed by atoms with van der Waals surface area (Å²) in [5.74, 6) is 2.05. The van der Waals surface area contributed by atoms with E-state index in [1.54, 1.807) is 0 Å². The fourth-order valence-corrected chi connectivity index (χ4v) is 1.01. The van der Waals surface area contributed by atoms with Gasteiger partial charge < -0.3 is 5.73 Å².